The number of anilines is 1. The summed E-state index contributed by atoms with van der Waals surface area (Å²) in [5, 5.41) is 3.12. The van der Waals surface area contributed by atoms with E-state index < -0.39 is 11.9 Å². The fraction of sp³-hybridized carbons (Fsp3) is 0.444. The Morgan fingerprint density at radius 1 is 1.30 bits per heavy atom. The third-order valence-electron chi connectivity index (χ3n) is 4.45. The van der Waals surface area contributed by atoms with E-state index in [0.29, 0.717) is 13.1 Å². The summed E-state index contributed by atoms with van der Waals surface area (Å²) in [4.78, 5) is 9.49. The summed E-state index contributed by atoms with van der Waals surface area (Å²) in [6.45, 7) is 2.34. The van der Waals surface area contributed by atoms with Crippen LogP contribution in [0.2, 0.25) is 0 Å². The van der Waals surface area contributed by atoms with Gasteiger partial charge in [0.15, 0.2) is 0 Å². The fourth-order valence-corrected chi connectivity index (χ4v) is 3.64. The lowest BCUT2D eigenvalue weighted by molar-refractivity contribution is -0.141. The number of alkyl halides is 3. The van der Waals surface area contributed by atoms with Gasteiger partial charge in [0.05, 0.1) is 7.11 Å². The van der Waals surface area contributed by atoms with Crippen LogP contribution in [0.25, 0.3) is 0 Å². The van der Waals surface area contributed by atoms with Gasteiger partial charge in [-0.2, -0.15) is 13.2 Å². The molecule has 1 saturated heterocycles. The SMILES string of the molecule is COc1ccc(Br)cc1CN1CCCC(Nc2cc(C(F)(F)F)ncn2)C1. The van der Waals surface area contributed by atoms with Crippen LogP contribution in [0.15, 0.2) is 35.1 Å². The first-order valence-corrected chi connectivity index (χ1v) is 9.35. The first-order chi connectivity index (χ1) is 12.8. The van der Waals surface area contributed by atoms with Crippen LogP contribution in [-0.4, -0.2) is 41.1 Å². The lowest BCUT2D eigenvalue weighted by Crippen LogP contribution is -2.41. The Balaban J connectivity index is 1.66. The van der Waals surface area contributed by atoms with Gasteiger partial charge in [0.2, 0.25) is 0 Å². The molecular weight excluding hydrogens is 425 g/mol. The molecule has 0 bridgehead atoms. The van der Waals surface area contributed by atoms with Crippen molar-refractivity contribution in [3.8, 4) is 5.75 Å². The molecule has 1 aromatic heterocycles. The van der Waals surface area contributed by atoms with Crippen LogP contribution in [0.1, 0.15) is 24.1 Å². The molecular formula is C18H20BrF3N4O. The maximum atomic E-state index is 12.8. The van der Waals surface area contributed by atoms with E-state index in [1.807, 2.05) is 18.2 Å². The first-order valence-electron chi connectivity index (χ1n) is 8.55. The third-order valence-corrected chi connectivity index (χ3v) is 4.94. The Morgan fingerprint density at radius 2 is 2.11 bits per heavy atom. The number of nitrogens with zero attached hydrogens (tertiary/aromatic N) is 3. The molecule has 1 N–H and O–H groups in total. The Morgan fingerprint density at radius 3 is 2.85 bits per heavy atom. The Bertz CT molecular complexity index is 787. The predicted octanol–water partition coefficient (Wildman–Crippen LogP) is 4.34. The third kappa shape index (κ3) is 5.32. The minimum absolute atomic E-state index is 0.0212. The number of nitrogens with one attached hydrogen (secondary N) is 1. The minimum Gasteiger partial charge on any atom is -0.496 e. The summed E-state index contributed by atoms with van der Waals surface area (Å²) >= 11 is 3.48. The molecule has 1 fully saturated rings. The van der Waals surface area contributed by atoms with Crippen molar-refractivity contribution in [3.63, 3.8) is 0 Å². The van der Waals surface area contributed by atoms with E-state index >= 15 is 0 Å². The summed E-state index contributed by atoms with van der Waals surface area (Å²) in [5.74, 6) is 1.02. The number of rotatable bonds is 5. The molecule has 0 amide bonds. The van der Waals surface area contributed by atoms with Gasteiger partial charge in [-0.3, -0.25) is 4.90 Å². The van der Waals surface area contributed by atoms with Crippen LogP contribution in [0.5, 0.6) is 5.75 Å². The molecule has 3 rings (SSSR count). The van der Waals surface area contributed by atoms with Gasteiger partial charge in [0.25, 0.3) is 0 Å². The van der Waals surface area contributed by atoms with Crippen molar-refractivity contribution in [2.24, 2.45) is 0 Å². The summed E-state index contributed by atoms with van der Waals surface area (Å²) in [6, 6.07) is 6.84. The van der Waals surface area contributed by atoms with Crippen molar-refractivity contribution >= 4 is 21.7 Å². The highest BCUT2D eigenvalue weighted by atomic mass is 79.9. The average Bonchev–Trinajstić information content (AvgIpc) is 2.62. The minimum atomic E-state index is -4.48. The van der Waals surface area contributed by atoms with Crippen LogP contribution >= 0.6 is 15.9 Å². The fourth-order valence-electron chi connectivity index (χ4n) is 3.23. The quantitative estimate of drug-likeness (QED) is 0.742. The van der Waals surface area contributed by atoms with Crippen LogP contribution in [-0.2, 0) is 12.7 Å². The Labute approximate surface area is 164 Å². The van der Waals surface area contributed by atoms with Crippen molar-refractivity contribution in [2.45, 2.75) is 31.6 Å². The molecule has 1 aliphatic heterocycles. The van der Waals surface area contributed by atoms with Crippen molar-refractivity contribution in [3.05, 3.63) is 46.3 Å². The topological polar surface area (TPSA) is 50.3 Å². The van der Waals surface area contributed by atoms with Crippen molar-refractivity contribution in [2.75, 3.05) is 25.5 Å². The number of hydrogen-bond donors (Lipinski definition) is 1. The number of halogens is 4. The second kappa shape index (κ2) is 8.43. The molecule has 146 valence electrons. The standard InChI is InChI=1S/C18H20BrF3N4O/c1-27-15-5-4-13(19)7-12(15)9-26-6-2-3-14(10-26)25-17-8-16(18(20,21)22)23-11-24-17/h4-5,7-8,11,14H,2-3,6,9-10H2,1H3,(H,23,24,25). The van der Waals surface area contributed by atoms with Crippen molar-refractivity contribution < 1.29 is 17.9 Å². The molecule has 5 nitrogen and oxygen atoms in total. The maximum Gasteiger partial charge on any atom is 0.433 e. The highest BCUT2D eigenvalue weighted by Crippen LogP contribution is 2.29. The van der Waals surface area contributed by atoms with Crippen molar-refractivity contribution in [1.29, 1.82) is 0 Å². The zero-order chi connectivity index (χ0) is 19.4. The predicted molar refractivity (Wildman–Crippen MR) is 99.6 cm³/mol. The normalized spacial score (nSPS) is 18.3. The van der Waals surface area contributed by atoms with Gasteiger partial charge in [-0.15, -0.1) is 0 Å². The molecule has 2 heterocycles. The maximum absolute atomic E-state index is 12.8. The van der Waals surface area contributed by atoms with E-state index in [4.69, 9.17) is 4.74 Å². The lowest BCUT2D eigenvalue weighted by atomic mass is 10.0. The van der Waals surface area contributed by atoms with E-state index in [1.165, 1.54) is 0 Å². The van der Waals surface area contributed by atoms with Crippen LogP contribution in [0.4, 0.5) is 19.0 Å². The monoisotopic (exact) mass is 444 g/mol. The summed E-state index contributed by atoms with van der Waals surface area (Å²) < 4.78 is 44.8. The smallest absolute Gasteiger partial charge is 0.433 e. The van der Waals surface area contributed by atoms with E-state index in [2.05, 4.69) is 36.1 Å². The zero-order valence-corrected chi connectivity index (χ0v) is 16.3. The summed E-state index contributed by atoms with van der Waals surface area (Å²) in [6.07, 6.45) is -1.71. The summed E-state index contributed by atoms with van der Waals surface area (Å²) in [7, 11) is 1.64. The second-order valence-electron chi connectivity index (χ2n) is 6.46. The van der Waals surface area contributed by atoms with Crippen LogP contribution < -0.4 is 10.1 Å². The zero-order valence-electron chi connectivity index (χ0n) is 14.8. The van der Waals surface area contributed by atoms with Gasteiger partial charge in [-0.1, -0.05) is 15.9 Å². The molecule has 0 radical (unpaired) electrons. The second-order valence-corrected chi connectivity index (χ2v) is 7.38. The van der Waals surface area contributed by atoms with Crippen LogP contribution in [0.3, 0.4) is 0 Å². The molecule has 9 heteroatoms. The number of ether oxygens (including phenoxy) is 1. The van der Waals surface area contributed by atoms with E-state index in [9.17, 15) is 13.2 Å². The largest absolute Gasteiger partial charge is 0.496 e. The molecule has 0 saturated carbocycles. The molecule has 1 aromatic carbocycles. The average molecular weight is 445 g/mol. The number of aromatic nitrogens is 2. The van der Waals surface area contributed by atoms with Gasteiger partial charge in [0.1, 0.15) is 23.6 Å². The highest BCUT2D eigenvalue weighted by molar-refractivity contribution is 9.10. The lowest BCUT2D eigenvalue weighted by Gasteiger charge is -2.33. The summed E-state index contributed by atoms with van der Waals surface area (Å²) in [5.41, 5.74) is 0.125. The Kier molecular flexibility index (Phi) is 6.21. The number of piperidine rings is 1. The molecule has 1 aliphatic rings. The van der Waals surface area contributed by atoms with E-state index in [-0.39, 0.29) is 11.9 Å². The number of methoxy groups -OCH3 is 1. The Hall–Kier alpha value is -1.87. The molecule has 0 spiro atoms. The number of benzene rings is 1. The van der Waals surface area contributed by atoms with Gasteiger partial charge in [-0.25, -0.2) is 9.97 Å². The van der Waals surface area contributed by atoms with Gasteiger partial charge in [0, 0.05) is 35.2 Å². The first kappa shape index (κ1) is 19.9. The molecule has 27 heavy (non-hydrogen) atoms. The number of likely N-dealkylation sites (tertiary alicyclic amines) is 1. The van der Waals surface area contributed by atoms with Crippen LogP contribution in [0, 0.1) is 0 Å². The van der Waals surface area contributed by atoms with Gasteiger partial charge in [-0.05, 0) is 37.6 Å². The van der Waals surface area contributed by atoms with Gasteiger partial charge >= 0.3 is 6.18 Å². The molecule has 1 unspecified atom stereocenters. The van der Waals surface area contributed by atoms with Crippen molar-refractivity contribution in [1.82, 2.24) is 14.9 Å². The number of hydrogen-bond acceptors (Lipinski definition) is 5. The van der Waals surface area contributed by atoms with E-state index in [1.54, 1.807) is 7.11 Å². The molecule has 1 atom stereocenters. The van der Waals surface area contributed by atoms with Gasteiger partial charge < -0.3 is 10.1 Å². The molecule has 0 aliphatic carbocycles. The highest BCUT2D eigenvalue weighted by Gasteiger charge is 2.33. The van der Waals surface area contributed by atoms with E-state index in [0.717, 1.165) is 47.6 Å². The molecule has 2 aromatic rings.